The minimum absolute atomic E-state index is 0.0115. The minimum Gasteiger partial charge on any atom is -0.273 e. The second-order valence-corrected chi connectivity index (χ2v) is 11.6. The third-order valence-electron chi connectivity index (χ3n) is 5.37. The summed E-state index contributed by atoms with van der Waals surface area (Å²) in [6, 6.07) is 6.62. The number of nitrogens with zero attached hydrogens (tertiary/aromatic N) is 2. The summed E-state index contributed by atoms with van der Waals surface area (Å²) in [5.74, 6) is 0.120. The molecule has 2 heterocycles. The largest absolute Gasteiger partial charge is 0.276 e. The molecule has 154 valence electrons. The molecular weight excluding hydrogens is 428 g/mol. The van der Waals surface area contributed by atoms with Gasteiger partial charge < -0.3 is 0 Å². The Morgan fingerprint density at radius 1 is 1.24 bits per heavy atom. The number of thiophene rings is 1. The van der Waals surface area contributed by atoms with Crippen LogP contribution in [0.25, 0.3) is 11.0 Å². The maximum atomic E-state index is 12.6. The fraction of sp³-hybridized carbons (Fsp3) is 0.421. The van der Waals surface area contributed by atoms with Crippen LogP contribution in [0.3, 0.4) is 0 Å². The molecule has 7 nitrogen and oxygen atoms in total. The first-order valence-corrected chi connectivity index (χ1v) is 12.3. The number of sulfonamides is 1. The number of hydrogen-bond donors (Lipinski definition) is 2. The molecule has 0 fully saturated rings. The molecule has 3 aromatic rings. The Morgan fingerprint density at radius 3 is 2.79 bits per heavy atom. The molecule has 0 bridgehead atoms. The van der Waals surface area contributed by atoms with E-state index in [0.717, 1.165) is 31.0 Å². The Balaban J connectivity index is 1.48. The summed E-state index contributed by atoms with van der Waals surface area (Å²) in [6.45, 7) is 6.74. The number of amides is 1. The topological polar surface area (TPSA) is 101 Å². The van der Waals surface area contributed by atoms with Crippen LogP contribution in [0.15, 0.2) is 29.2 Å². The predicted molar refractivity (Wildman–Crippen MR) is 114 cm³/mol. The molecule has 4 rings (SSSR count). The molecule has 0 saturated carbocycles. The third-order valence-corrected chi connectivity index (χ3v) is 8.43. The van der Waals surface area contributed by atoms with Gasteiger partial charge in [0.2, 0.25) is 0 Å². The summed E-state index contributed by atoms with van der Waals surface area (Å²) in [4.78, 5) is 16.5. The van der Waals surface area contributed by atoms with E-state index in [1.54, 1.807) is 12.1 Å². The predicted octanol–water partition coefficient (Wildman–Crippen LogP) is 3.53. The van der Waals surface area contributed by atoms with Crippen LogP contribution < -0.4 is 10.3 Å². The smallest absolute Gasteiger partial charge is 0.273 e. The van der Waals surface area contributed by atoms with Crippen LogP contribution in [0.5, 0.6) is 0 Å². The van der Waals surface area contributed by atoms with E-state index in [2.05, 4.69) is 39.8 Å². The lowest BCUT2D eigenvalue weighted by Gasteiger charge is -2.33. The second-order valence-electron chi connectivity index (χ2n) is 8.31. The van der Waals surface area contributed by atoms with Gasteiger partial charge in [0.25, 0.3) is 15.9 Å². The van der Waals surface area contributed by atoms with Crippen LogP contribution in [0.2, 0.25) is 0 Å². The summed E-state index contributed by atoms with van der Waals surface area (Å²) in [6.07, 6.45) is 3.02. The van der Waals surface area contributed by atoms with E-state index in [9.17, 15) is 13.2 Å². The van der Waals surface area contributed by atoms with E-state index in [4.69, 9.17) is 0 Å². The van der Waals surface area contributed by atoms with Crippen LogP contribution in [-0.2, 0) is 22.9 Å². The van der Waals surface area contributed by atoms with Crippen LogP contribution in [-0.4, -0.2) is 23.1 Å². The lowest BCUT2D eigenvalue weighted by molar-refractivity contribution is 0.0949. The van der Waals surface area contributed by atoms with Gasteiger partial charge in [-0.3, -0.25) is 10.2 Å². The molecule has 1 aliphatic rings. The highest BCUT2D eigenvalue weighted by Crippen LogP contribution is 2.40. The summed E-state index contributed by atoms with van der Waals surface area (Å²) in [5.41, 5.74) is 4.55. The summed E-state index contributed by atoms with van der Waals surface area (Å²) in [5, 5.41) is 0. The molecule has 2 aromatic heterocycles. The van der Waals surface area contributed by atoms with E-state index in [-0.39, 0.29) is 10.3 Å². The lowest BCUT2D eigenvalue weighted by Crippen LogP contribution is -2.41. The van der Waals surface area contributed by atoms with Crippen molar-refractivity contribution in [2.24, 2.45) is 11.3 Å². The molecule has 0 radical (unpaired) electrons. The summed E-state index contributed by atoms with van der Waals surface area (Å²) < 4.78 is 33.4. The fourth-order valence-corrected chi connectivity index (χ4v) is 6.31. The van der Waals surface area contributed by atoms with Crippen LogP contribution in [0.1, 0.15) is 47.3 Å². The highest BCUT2D eigenvalue weighted by Gasteiger charge is 2.30. The summed E-state index contributed by atoms with van der Waals surface area (Å²) >= 11 is 2.38. The van der Waals surface area contributed by atoms with Crippen molar-refractivity contribution < 1.29 is 13.2 Å². The van der Waals surface area contributed by atoms with Crippen molar-refractivity contribution in [3.63, 3.8) is 0 Å². The van der Waals surface area contributed by atoms with Crippen molar-refractivity contribution >= 4 is 50.0 Å². The third kappa shape index (κ3) is 4.07. The van der Waals surface area contributed by atoms with Crippen molar-refractivity contribution in [3.05, 3.63) is 39.6 Å². The highest BCUT2D eigenvalue weighted by atomic mass is 32.2. The Kier molecular flexibility index (Phi) is 5.22. The van der Waals surface area contributed by atoms with Crippen molar-refractivity contribution in [2.75, 3.05) is 0 Å². The molecule has 2 N–H and O–H groups in total. The number of aryl methyl sites for hydroxylation is 1. The molecule has 29 heavy (non-hydrogen) atoms. The molecular formula is C19H22N4O3S3. The molecule has 1 aliphatic carbocycles. The number of hydrogen-bond acceptors (Lipinski definition) is 7. The number of nitrogens with one attached hydrogen (secondary N) is 2. The van der Waals surface area contributed by atoms with Crippen molar-refractivity contribution in [3.8, 4) is 0 Å². The zero-order chi connectivity index (χ0) is 20.8. The van der Waals surface area contributed by atoms with E-state index >= 15 is 0 Å². The first-order valence-electron chi connectivity index (χ1n) is 9.30. The number of fused-ring (bicyclic) bond motifs is 2. The molecule has 0 saturated heterocycles. The van der Waals surface area contributed by atoms with Gasteiger partial charge in [-0.1, -0.05) is 26.8 Å². The molecule has 1 unspecified atom stereocenters. The van der Waals surface area contributed by atoms with Gasteiger partial charge in [-0.2, -0.15) is 8.75 Å². The fourth-order valence-electron chi connectivity index (χ4n) is 3.60. The Morgan fingerprint density at radius 2 is 2.03 bits per heavy atom. The monoisotopic (exact) mass is 450 g/mol. The van der Waals surface area contributed by atoms with E-state index in [0.29, 0.717) is 21.8 Å². The van der Waals surface area contributed by atoms with Crippen molar-refractivity contribution in [2.45, 2.75) is 44.9 Å². The van der Waals surface area contributed by atoms with E-state index < -0.39 is 15.9 Å². The number of aromatic nitrogens is 2. The van der Waals surface area contributed by atoms with E-state index in [1.165, 1.54) is 27.8 Å². The van der Waals surface area contributed by atoms with Crippen LogP contribution in [0.4, 0.5) is 0 Å². The average Bonchev–Trinajstić information content (AvgIpc) is 3.30. The number of rotatable bonds is 4. The average molecular weight is 451 g/mol. The molecule has 1 aromatic carbocycles. The minimum atomic E-state index is -3.96. The first-order chi connectivity index (χ1) is 13.6. The maximum absolute atomic E-state index is 12.6. The Labute approximate surface area is 177 Å². The SMILES string of the molecule is CC(C)(C)C1CCc2sc(C(=O)NNS(=O)(=O)c3cccc4nsnc34)cc2C1. The van der Waals surface area contributed by atoms with Gasteiger partial charge in [-0.25, -0.2) is 8.42 Å². The number of carbonyl (C=O) groups excluding carboxylic acids is 1. The number of hydrazine groups is 1. The Hall–Kier alpha value is -1.88. The maximum Gasteiger partial charge on any atom is 0.276 e. The molecule has 0 aliphatic heterocycles. The Bertz CT molecular complexity index is 1170. The first kappa shape index (κ1) is 20.4. The summed E-state index contributed by atoms with van der Waals surface area (Å²) in [7, 11) is -3.96. The van der Waals surface area contributed by atoms with Gasteiger partial charge in [0.1, 0.15) is 15.9 Å². The highest BCUT2D eigenvalue weighted by molar-refractivity contribution is 7.89. The molecule has 0 spiro atoms. The zero-order valence-corrected chi connectivity index (χ0v) is 18.8. The van der Waals surface area contributed by atoms with E-state index in [1.807, 2.05) is 6.07 Å². The van der Waals surface area contributed by atoms with Gasteiger partial charge in [-0.05, 0) is 54.4 Å². The lowest BCUT2D eigenvalue weighted by atomic mass is 9.72. The van der Waals surface area contributed by atoms with Gasteiger partial charge in [0, 0.05) is 4.88 Å². The van der Waals surface area contributed by atoms with Gasteiger partial charge in [-0.15, -0.1) is 16.2 Å². The van der Waals surface area contributed by atoms with Crippen molar-refractivity contribution in [1.29, 1.82) is 0 Å². The molecule has 1 atom stereocenters. The normalized spacial score (nSPS) is 17.3. The van der Waals surface area contributed by atoms with Gasteiger partial charge in [0.15, 0.2) is 0 Å². The standard InChI is InChI=1S/C19H22N4O3S3/c1-19(2,3)12-7-8-14-11(9-12)10-15(27-14)18(24)20-23-29(25,26)16-6-4-5-13-17(16)22-28-21-13/h4-6,10,12,23H,7-9H2,1-3H3,(H,20,24). The van der Waals surface area contributed by atoms with Crippen LogP contribution >= 0.6 is 23.1 Å². The number of carbonyl (C=O) groups is 1. The molecule has 1 amide bonds. The second kappa shape index (κ2) is 7.42. The van der Waals surface area contributed by atoms with Gasteiger partial charge in [0.05, 0.1) is 16.6 Å². The quantitative estimate of drug-likeness (QED) is 0.592. The van der Waals surface area contributed by atoms with Crippen molar-refractivity contribution in [1.82, 2.24) is 19.0 Å². The van der Waals surface area contributed by atoms with Gasteiger partial charge >= 0.3 is 0 Å². The number of benzene rings is 1. The molecule has 10 heteroatoms. The zero-order valence-electron chi connectivity index (χ0n) is 16.4. The van der Waals surface area contributed by atoms with Crippen LogP contribution in [0, 0.1) is 11.3 Å².